The maximum absolute atomic E-state index is 4.73. The lowest BCUT2D eigenvalue weighted by molar-refractivity contribution is 0.922. The van der Waals surface area contributed by atoms with Gasteiger partial charge in [0.25, 0.3) is 0 Å². The van der Waals surface area contributed by atoms with Crippen LogP contribution in [0.2, 0.25) is 0 Å². The largest absolute Gasteiger partial charge is 0.324 e. The van der Waals surface area contributed by atoms with Gasteiger partial charge in [0.1, 0.15) is 5.82 Å². The van der Waals surface area contributed by atoms with E-state index in [4.69, 9.17) is 4.98 Å². The lowest BCUT2D eigenvalue weighted by Gasteiger charge is -2.11. The number of aryl methyl sites for hydroxylation is 1. The minimum atomic E-state index is 0.562. The van der Waals surface area contributed by atoms with Crippen molar-refractivity contribution in [3.05, 3.63) is 65.9 Å². The van der Waals surface area contributed by atoms with Crippen LogP contribution in [0.3, 0.4) is 0 Å². The van der Waals surface area contributed by atoms with E-state index in [0.717, 1.165) is 41.1 Å². The molecular formula is C23H24N6. The van der Waals surface area contributed by atoms with Crippen molar-refractivity contribution in [1.82, 2.24) is 20.2 Å². The van der Waals surface area contributed by atoms with Gasteiger partial charge in [0.15, 0.2) is 5.82 Å². The van der Waals surface area contributed by atoms with Crippen LogP contribution in [-0.4, -0.2) is 20.2 Å². The highest BCUT2D eigenvalue weighted by molar-refractivity contribution is 5.91. The highest BCUT2D eigenvalue weighted by Crippen LogP contribution is 2.39. The van der Waals surface area contributed by atoms with E-state index >= 15 is 0 Å². The van der Waals surface area contributed by atoms with Gasteiger partial charge in [-0.1, -0.05) is 37.6 Å². The van der Waals surface area contributed by atoms with Crippen molar-refractivity contribution in [3.63, 3.8) is 0 Å². The normalized spacial score (nSPS) is 13.6. The van der Waals surface area contributed by atoms with Crippen LogP contribution in [0, 0.1) is 0 Å². The number of fused-ring (bicyclic) bond motifs is 1. The SMILES string of the molecule is CCCc1ccc(Nc2nc(Nc3cc(C4CC4)[nH]n3)c3ccccc3n2)cc1. The number of rotatable bonds is 7. The lowest BCUT2D eigenvalue weighted by atomic mass is 10.1. The molecule has 6 heteroatoms. The number of benzene rings is 2. The summed E-state index contributed by atoms with van der Waals surface area (Å²) < 4.78 is 0. The molecule has 0 spiro atoms. The van der Waals surface area contributed by atoms with Gasteiger partial charge in [0, 0.05) is 28.8 Å². The first-order chi connectivity index (χ1) is 14.3. The fourth-order valence-corrected chi connectivity index (χ4v) is 3.53. The topological polar surface area (TPSA) is 78.5 Å². The minimum Gasteiger partial charge on any atom is -0.324 e. The van der Waals surface area contributed by atoms with Crippen LogP contribution in [0.25, 0.3) is 10.9 Å². The molecule has 0 radical (unpaired) electrons. The summed E-state index contributed by atoms with van der Waals surface area (Å²) >= 11 is 0. The van der Waals surface area contributed by atoms with Crippen LogP contribution in [0.15, 0.2) is 54.6 Å². The Balaban J connectivity index is 1.44. The number of anilines is 4. The molecule has 2 aromatic heterocycles. The average Bonchev–Trinajstić information content (AvgIpc) is 3.49. The maximum Gasteiger partial charge on any atom is 0.229 e. The van der Waals surface area contributed by atoms with E-state index in [1.807, 2.05) is 24.3 Å². The van der Waals surface area contributed by atoms with E-state index in [1.54, 1.807) is 0 Å². The zero-order chi connectivity index (χ0) is 19.6. The molecule has 1 fully saturated rings. The quantitative estimate of drug-likeness (QED) is 0.383. The second-order valence-corrected chi connectivity index (χ2v) is 7.59. The van der Waals surface area contributed by atoms with Gasteiger partial charge in [0.05, 0.1) is 5.52 Å². The molecule has 1 saturated carbocycles. The van der Waals surface area contributed by atoms with Crippen LogP contribution in [0.1, 0.15) is 43.4 Å². The van der Waals surface area contributed by atoms with Crippen LogP contribution < -0.4 is 10.6 Å². The van der Waals surface area contributed by atoms with Crippen LogP contribution >= 0.6 is 0 Å². The highest BCUT2D eigenvalue weighted by Gasteiger charge is 2.25. The molecule has 0 atom stereocenters. The molecule has 1 aliphatic rings. The number of nitrogens with one attached hydrogen (secondary N) is 3. The van der Waals surface area contributed by atoms with E-state index in [2.05, 4.69) is 63.1 Å². The number of H-pyrrole nitrogens is 1. The smallest absolute Gasteiger partial charge is 0.229 e. The van der Waals surface area contributed by atoms with E-state index in [9.17, 15) is 0 Å². The van der Waals surface area contributed by atoms with Gasteiger partial charge in [-0.3, -0.25) is 5.10 Å². The lowest BCUT2D eigenvalue weighted by Crippen LogP contribution is -2.02. The van der Waals surface area contributed by atoms with Crippen molar-refractivity contribution in [3.8, 4) is 0 Å². The molecule has 3 N–H and O–H groups in total. The molecule has 0 aliphatic heterocycles. The second-order valence-electron chi connectivity index (χ2n) is 7.59. The summed E-state index contributed by atoms with van der Waals surface area (Å²) in [6.07, 6.45) is 4.71. The standard InChI is InChI=1S/C23H24N6/c1-2-5-15-8-12-17(13-9-15)24-23-25-19-7-4-3-6-18(19)22(27-23)26-21-14-20(28-29-21)16-10-11-16/h3-4,6-9,12-14,16H,2,5,10-11H2,1H3,(H3,24,25,26,27,28,29). The van der Waals surface area contributed by atoms with E-state index < -0.39 is 0 Å². The Morgan fingerprint density at radius 3 is 2.62 bits per heavy atom. The predicted octanol–water partition coefficient (Wildman–Crippen LogP) is 5.67. The first-order valence-electron chi connectivity index (χ1n) is 10.2. The van der Waals surface area contributed by atoms with Crippen LogP contribution in [-0.2, 0) is 6.42 Å². The average molecular weight is 384 g/mol. The third-order valence-electron chi connectivity index (χ3n) is 5.21. The van der Waals surface area contributed by atoms with Gasteiger partial charge in [-0.25, -0.2) is 4.98 Å². The molecule has 5 rings (SSSR count). The summed E-state index contributed by atoms with van der Waals surface area (Å²) in [5.41, 5.74) is 4.39. The Morgan fingerprint density at radius 2 is 1.83 bits per heavy atom. The van der Waals surface area contributed by atoms with Crippen molar-refractivity contribution in [2.45, 2.75) is 38.5 Å². The van der Waals surface area contributed by atoms with Crippen LogP contribution in [0.4, 0.5) is 23.3 Å². The van der Waals surface area contributed by atoms with Crippen molar-refractivity contribution in [1.29, 1.82) is 0 Å². The number of aromatic nitrogens is 4. The van der Waals surface area contributed by atoms with Gasteiger partial charge in [-0.05, 0) is 49.1 Å². The molecule has 29 heavy (non-hydrogen) atoms. The van der Waals surface area contributed by atoms with Gasteiger partial charge >= 0.3 is 0 Å². The molecule has 0 amide bonds. The van der Waals surface area contributed by atoms with E-state index in [1.165, 1.54) is 24.1 Å². The Kier molecular flexibility index (Phi) is 4.60. The molecule has 0 unspecified atom stereocenters. The minimum absolute atomic E-state index is 0.562. The molecule has 2 aromatic carbocycles. The van der Waals surface area contributed by atoms with Gasteiger partial charge < -0.3 is 10.6 Å². The number of nitrogens with zero attached hydrogens (tertiary/aromatic N) is 3. The molecule has 6 nitrogen and oxygen atoms in total. The molecule has 0 bridgehead atoms. The fourth-order valence-electron chi connectivity index (χ4n) is 3.53. The Morgan fingerprint density at radius 1 is 1.00 bits per heavy atom. The Labute approximate surface area is 169 Å². The monoisotopic (exact) mass is 384 g/mol. The summed E-state index contributed by atoms with van der Waals surface area (Å²) in [6, 6.07) is 18.5. The number of hydrogen-bond acceptors (Lipinski definition) is 5. The second kappa shape index (κ2) is 7.54. The zero-order valence-electron chi connectivity index (χ0n) is 16.4. The summed E-state index contributed by atoms with van der Waals surface area (Å²) in [5.74, 6) is 2.72. The number of hydrogen-bond donors (Lipinski definition) is 3. The van der Waals surface area contributed by atoms with Crippen molar-refractivity contribution < 1.29 is 0 Å². The summed E-state index contributed by atoms with van der Waals surface area (Å²) in [5, 5.41) is 15.2. The molecule has 1 aliphatic carbocycles. The zero-order valence-corrected chi connectivity index (χ0v) is 16.4. The molecular weight excluding hydrogens is 360 g/mol. The maximum atomic E-state index is 4.73. The van der Waals surface area contributed by atoms with E-state index in [0.29, 0.717) is 11.9 Å². The molecule has 2 heterocycles. The van der Waals surface area contributed by atoms with Crippen molar-refractivity contribution in [2.24, 2.45) is 0 Å². The predicted molar refractivity (Wildman–Crippen MR) is 117 cm³/mol. The van der Waals surface area contributed by atoms with Gasteiger partial charge in [-0.15, -0.1) is 0 Å². The van der Waals surface area contributed by atoms with Crippen molar-refractivity contribution >= 4 is 34.2 Å². The first kappa shape index (κ1) is 17.7. The summed E-state index contributed by atoms with van der Waals surface area (Å²) in [4.78, 5) is 9.42. The van der Waals surface area contributed by atoms with Crippen LogP contribution in [0.5, 0.6) is 0 Å². The Bertz CT molecular complexity index is 1130. The summed E-state index contributed by atoms with van der Waals surface area (Å²) in [7, 11) is 0. The third kappa shape index (κ3) is 3.92. The van der Waals surface area contributed by atoms with Gasteiger partial charge in [0.2, 0.25) is 5.95 Å². The highest BCUT2D eigenvalue weighted by atomic mass is 15.2. The molecule has 146 valence electrons. The third-order valence-corrected chi connectivity index (χ3v) is 5.21. The summed E-state index contributed by atoms with van der Waals surface area (Å²) in [6.45, 7) is 2.19. The number of para-hydroxylation sites is 1. The Hall–Kier alpha value is -3.41. The first-order valence-corrected chi connectivity index (χ1v) is 10.2. The van der Waals surface area contributed by atoms with E-state index in [-0.39, 0.29) is 0 Å². The van der Waals surface area contributed by atoms with Crippen molar-refractivity contribution in [2.75, 3.05) is 10.6 Å². The fraction of sp³-hybridized carbons (Fsp3) is 0.261. The van der Waals surface area contributed by atoms with Gasteiger partial charge in [-0.2, -0.15) is 10.1 Å². The number of aromatic amines is 1. The molecule has 4 aromatic rings. The molecule has 0 saturated heterocycles.